The Morgan fingerprint density at radius 3 is 2.37 bits per heavy atom. The molecule has 0 radical (unpaired) electrons. The predicted octanol–water partition coefficient (Wildman–Crippen LogP) is 3.87. The number of rotatable bonds is 4. The summed E-state index contributed by atoms with van der Waals surface area (Å²) in [6.07, 6.45) is 3.99. The van der Waals surface area contributed by atoms with Gasteiger partial charge in [0, 0.05) is 17.8 Å². The van der Waals surface area contributed by atoms with Crippen LogP contribution in [-0.2, 0) is 10.3 Å². The lowest BCUT2D eigenvalue weighted by Crippen LogP contribution is -2.31. The van der Waals surface area contributed by atoms with Crippen LogP contribution in [0, 0.1) is 5.92 Å². The van der Waals surface area contributed by atoms with E-state index in [2.05, 4.69) is 29.0 Å². The van der Waals surface area contributed by atoms with Crippen LogP contribution in [0.3, 0.4) is 0 Å². The summed E-state index contributed by atoms with van der Waals surface area (Å²) >= 11 is 0. The maximum Gasteiger partial charge on any atom is 0.161 e. The van der Waals surface area contributed by atoms with E-state index >= 15 is 0 Å². The summed E-state index contributed by atoms with van der Waals surface area (Å²) in [6.45, 7) is 3.99. The van der Waals surface area contributed by atoms with E-state index < -0.39 is 0 Å². The summed E-state index contributed by atoms with van der Waals surface area (Å²) in [6, 6.07) is 14.4. The van der Waals surface area contributed by atoms with Crippen LogP contribution in [0.25, 0.3) is 11.3 Å². The van der Waals surface area contributed by atoms with Gasteiger partial charge >= 0.3 is 0 Å². The first-order valence-electron chi connectivity index (χ1n) is 6.93. The molecule has 0 spiro atoms. The molecule has 0 N–H and O–H groups in total. The van der Waals surface area contributed by atoms with Crippen LogP contribution < -0.4 is 0 Å². The van der Waals surface area contributed by atoms with Crippen molar-refractivity contribution in [3.8, 4) is 11.3 Å². The Balaban J connectivity index is 2.05. The van der Waals surface area contributed by atoms with Crippen LogP contribution in [0.15, 0.2) is 48.7 Å². The third-order valence-corrected chi connectivity index (χ3v) is 3.99. The van der Waals surface area contributed by atoms with E-state index in [0.29, 0.717) is 5.78 Å². The number of carbonyl (C=O) groups is 1. The van der Waals surface area contributed by atoms with Crippen LogP contribution in [0.2, 0.25) is 0 Å². The number of hydrogen-bond donors (Lipinski definition) is 0. The lowest BCUT2D eigenvalue weighted by atomic mass is 9.99. The molecule has 0 saturated heterocycles. The fraction of sp³-hybridized carbons (Fsp3) is 0.353. The first-order chi connectivity index (χ1) is 9.15. The molecular weight excluding hydrogens is 234 g/mol. The summed E-state index contributed by atoms with van der Waals surface area (Å²) in [5, 5.41) is 0. The van der Waals surface area contributed by atoms with Gasteiger partial charge in [0.05, 0.1) is 0 Å². The number of aromatic nitrogens is 1. The lowest BCUT2D eigenvalue weighted by molar-refractivity contribution is -0.126. The van der Waals surface area contributed by atoms with Crippen molar-refractivity contribution in [3.63, 3.8) is 0 Å². The summed E-state index contributed by atoms with van der Waals surface area (Å²) in [4.78, 5) is 12.5. The molecule has 1 aliphatic carbocycles. The number of hydrogen-bond acceptors (Lipinski definition) is 1. The van der Waals surface area contributed by atoms with E-state index in [1.165, 1.54) is 5.56 Å². The summed E-state index contributed by atoms with van der Waals surface area (Å²) < 4.78 is 2.19. The van der Waals surface area contributed by atoms with Crippen LogP contribution >= 0.6 is 0 Å². The molecule has 1 aliphatic rings. The molecule has 0 aliphatic heterocycles. The van der Waals surface area contributed by atoms with Crippen LogP contribution in [0.4, 0.5) is 0 Å². The minimum Gasteiger partial charge on any atom is -0.334 e. The third-order valence-electron chi connectivity index (χ3n) is 3.99. The summed E-state index contributed by atoms with van der Waals surface area (Å²) in [5.41, 5.74) is 2.05. The van der Waals surface area contributed by atoms with E-state index in [9.17, 15) is 4.79 Å². The normalized spacial score (nSPS) is 16.6. The van der Waals surface area contributed by atoms with Crippen molar-refractivity contribution in [1.82, 2.24) is 4.57 Å². The van der Waals surface area contributed by atoms with Crippen molar-refractivity contribution in [2.24, 2.45) is 5.92 Å². The molecule has 1 fully saturated rings. The number of nitrogens with zero attached hydrogens (tertiary/aromatic N) is 1. The minimum atomic E-state index is -0.275. The highest BCUT2D eigenvalue weighted by Crippen LogP contribution is 2.48. The molecule has 2 aromatic rings. The zero-order valence-corrected chi connectivity index (χ0v) is 11.5. The quantitative estimate of drug-likeness (QED) is 0.810. The van der Waals surface area contributed by atoms with Gasteiger partial charge in [0.25, 0.3) is 0 Å². The van der Waals surface area contributed by atoms with E-state index in [0.717, 1.165) is 18.5 Å². The second-order valence-corrected chi connectivity index (χ2v) is 5.68. The van der Waals surface area contributed by atoms with Gasteiger partial charge in [-0.1, -0.05) is 44.2 Å². The van der Waals surface area contributed by atoms with E-state index in [1.807, 2.05) is 38.1 Å². The van der Waals surface area contributed by atoms with Gasteiger partial charge in [-0.2, -0.15) is 0 Å². The molecule has 2 heteroatoms. The van der Waals surface area contributed by atoms with Gasteiger partial charge in [0.2, 0.25) is 0 Å². The van der Waals surface area contributed by atoms with Gasteiger partial charge in [0.15, 0.2) is 5.78 Å². The van der Waals surface area contributed by atoms with Crippen molar-refractivity contribution in [3.05, 3.63) is 48.7 Å². The van der Waals surface area contributed by atoms with Gasteiger partial charge in [0.1, 0.15) is 5.54 Å². The SMILES string of the molecule is CC(C)C(=O)C1(n2cccc2-c2ccccc2)CC1. The topological polar surface area (TPSA) is 22.0 Å². The molecule has 3 rings (SSSR count). The van der Waals surface area contributed by atoms with E-state index in [-0.39, 0.29) is 11.5 Å². The molecule has 1 heterocycles. The Labute approximate surface area is 114 Å². The van der Waals surface area contributed by atoms with Crippen molar-refractivity contribution in [2.75, 3.05) is 0 Å². The maximum absolute atomic E-state index is 12.5. The Hall–Kier alpha value is -1.83. The number of Topliss-reactive ketones (excluding diaryl/α,β-unsaturated/α-hetero) is 1. The Bertz CT molecular complexity index is 591. The molecule has 0 unspecified atom stereocenters. The molecule has 0 bridgehead atoms. The monoisotopic (exact) mass is 253 g/mol. The number of ketones is 1. The molecule has 98 valence electrons. The third kappa shape index (κ3) is 1.92. The van der Waals surface area contributed by atoms with Gasteiger partial charge in [-0.15, -0.1) is 0 Å². The van der Waals surface area contributed by atoms with Gasteiger partial charge < -0.3 is 4.57 Å². The highest BCUT2D eigenvalue weighted by Gasteiger charge is 2.52. The smallest absolute Gasteiger partial charge is 0.161 e. The first-order valence-corrected chi connectivity index (χ1v) is 6.93. The zero-order valence-electron chi connectivity index (χ0n) is 11.5. The predicted molar refractivity (Wildman–Crippen MR) is 76.9 cm³/mol. The van der Waals surface area contributed by atoms with Crippen molar-refractivity contribution >= 4 is 5.78 Å². The van der Waals surface area contributed by atoms with Gasteiger partial charge in [-0.25, -0.2) is 0 Å². The van der Waals surface area contributed by atoms with Crippen molar-refractivity contribution in [2.45, 2.75) is 32.2 Å². The molecule has 0 amide bonds. The molecule has 2 nitrogen and oxygen atoms in total. The molecule has 0 atom stereocenters. The molecule has 19 heavy (non-hydrogen) atoms. The molecule has 1 saturated carbocycles. The average Bonchev–Trinajstić information content (AvgIpc) is 3.08. The Morgan fingerprint density at radius 2 is 1.79 bits per heavy atom. The van der Waals surface area contributed by atoms with Gasteiger partial charge in [-0.05, 0) is 30.5 Å². The van der Waals surface area contributed by atoms with E-state index in [1.54, 1.807) is 0 Å². The molecule has 1 aromatic carbocycles. The number of benzene rings is 1. The number of carbonyl (C=O) groups excluding carboxylic acids is 1. The highest BCUT2D eigenvalue weighted by atomic mass is 16.1. The van der Waals surface area contributed by atoms with Gasteiger partial charge in [-0.3, -0.25) is 4.79 Å². The average molecular weight is 253 g/mol. The molecular formula is C17H19NO. The fourth-order valence-electron chi connectivity index (χ4n) is 2.86. The Morgan fingerprint density at radius 1 is 1.11 bits per heavy atom. The maximum atomic E-state index is 12.5. The van der Waals surface area contributed by atoms with Crippen LogP contribution in [0.1, 0.15) is 26.7 Å². The van der Waals surface area contributed by atoms with Crippen molar-refractivity contribution in [1.29, 1.82) is 0 Å². The molecule has 1 aromatic heterocycles. The summed E-state index contributed by atoms with van der Waals surface area (Å²) in [5.74, 6) is 0.453. The minimum absolute atomic E-state index is 0.0912. The Kier molecular flexibility index (Phi) is 2.81. The fourth-order valence-corrected chi connectivity index (χ4v) is 2.86. The van der Waals surface area contributed by atoms with E-state index in [4.69, 9.17) is 0 Å². The van der Waals surface area contributed by atoms with Crippen molar-refractivity contribution < 1.29 is 4.79 Å². The zero-order chi connectivity index (χ0) is 13.5. The standard InChI is InChI=1S/C17H19NO/c1-13(2)16(19)17(10-11-17)18-12-6-9-15(18)14-7-4-3-5-8-14/h3-9,12-13H,10-11H2,1-2H3. The lowest BCUT2D eigenvalue weighted by Gasteiger charge is -2.21. The largest absolute Gasteiger partial charge is 0.334 e. The second kappa shape index (κ2) is 4.37. The second-order valence-electron chi connectivity index (χ2n) is 5.68. The first kappa shape index (κ1) is 12.2. The van der Waals surface area contributed by atoms with Crippen LogP contribution in [-0.4, -0.2) is 10.4 Å². The summed E-state index contributed by atoms with van der Waals surface area (Å²) in [7, 11) is 0. The highest BCUT2D eigenvalue weighted by molar-refractivity contribution is 5.91. The van der Waals surface area contributed by atoms with Crippen LogP contribution in [0.5, 0.6) is 0 Å².